The molecule has 1 aromatic rings. The van der Waals surface area contributed by atoms with Crippen LogP contribution in [-0.4, -0.2) is 21.5 Å². The molecular formula is C12H12F3NO2. The van der Waals surface area contributed by atoms with Crippen molar-refractivity contribution in [2.45, 2.75) is 37.5 Å². The Kier molecular flexibility index (Phi) is 3.14. The zero-order valence-corrected chi connectivity index (χ0v) is 9.50. The molecule has 6 heteroatoms. The number of hydrogen-bond donors (Lipinski definition) is 1. The van der Waals surface area contributed by atoms with Gasteiger partial charge in [-0.3, -0.25) is 9.78 Å². The van der Waals surface area contributed by atoms with Crippen LogP contribution in [0.3, 0.4) is 0 Å². The van der Waals surface area contributed by atoms with Crippen LogP contribution < -0.4 is 0 Å². The van der Waals surface area contributed by atoms with Crippen molar-refractivity contribution >= 4 is 5.78 Å². The van der Waals surface area contributed by atoms with Crippen LogP contribution in [0.1, 0.15) is 41.6 Å². The van der Waals surface area contributed by atoms with Gasteiger partial charge in [0.05, 0.1) is 11.1 Å². The Morgan fingerprint density at radius 3 is 2.50 bits per heavy atom. The summed E-state index contributed by atoms with van der Waals surface area (Å²) >= 11 is 0. The van der Waals surface area contributed by atoms with Crippen LogP contribution in [0, 0.1) is 0 Å². The third-order valence-corrected chi connectivity index (χ3v) is 3.22. The number of alkyl halides is 3. The summed E-state index contributed by atoms with van der Waals surface area (Å²) in [7, 11) is 0. The topological polar surface area (TPSA) is 50.2 Å². The van der Waals surface area contributed by atoms with Crippen LogP contribution >= 0.6 is 0 Å². The Bertz CT molecular complexity index is 465. The predicted octanol–water partition coefficient (Wildman–Crippen LogP) is 2.59. The molecule has 1 saturated carbocycles. The van der Waals surface area contributed by atoms with Crippen molar-refractivity contribution in [1.29, 1.82) is 0 Å². The largest absolute Gasteiger partial charge is 0.417 e. The highest BCUT2D eigenvalue weighted by atomic mass is 19.4. The molecule has 1 aromatic heterocycles. The van der Waals surface area contributed by atoms with Crippen molar-refractivity contribution in [2.24, 2.45) is 0 Å². The molecule has 0 atom stereocenters. The predicted molar refractivity (Wildman–Crippen MR) is 57.0 cm³/mol. The highest BCUT2D eigenvalue weighted by Gasteiger charge is 2.43. The first-order valence-electron chi connectivity index (χ1n) is 5.63. The molecule has 0 spiro atoms. The fourth-order valence-electron chi connectivity index (χ4n) is 2.26. The average molecular weight is 259 g/mol. The van der Waals surface area contributed by atoms with Gasteiger partial charge in [0.2, 0.25) is 0 Å². The highest BCUT2D eigenvalue weighted by molar-refractivity contribution is 6.03. The standard InChI is InChI=1S/C12H12F3NO2/c13-12(14,15)9-3-6-16-7-8(9)10(17)11(18)4-1-2-5-11/h3,6-7,18H,1-2,4-5H2. The minimum atomic E-state index is -4.62. The summed E-state index contributed by atoms with van der Waals surface area (Å²) in [6.07, 6.45) is -1.06. The summed E-state index contributed by atoms with van der Waals surface area (Å²) in [5.74, 6) is -0.875. The molecule has 0 amide bonds. The monoisotopic (exact) mass is 259 g/mol. The van der Waals surface area contributed by atoms with E-state index in [0.29, 0.717) is 12.8 Å². The second kappa shape index (κ2) is 4.35. The van der Waals surface area contributed by atoms with Gasteiger partial charge >= 0.3 is 6.18 Å². The molecule has 2 rings (SSSR count). The molecule has 1 aliphatic carbocycles. The second-order valence-electron chi connectivity index (χ2n) is 4.49. The highest BCUT2D eigenvalue weighted by Crippen LogP contribution is 2.37. The van der Waals surface area contributed by atoms with Crippen molar-refractivity contribution in [3.8, 4) is 0 Å². The van der Waals surface area contributed by atoms with E-state index in [9.17, 15) is 23.1 Å². The Hall–Kier alpha value is -1.43. The molecule has 1 N–H and O–H groups in total. The summed E-state index contributed by atoms with van der Waals surface area (Å²) < 4.78 is 38.3. The summed E-state index contributed by atoms with van der Waals surface area (Å²) in [4.78, 5) is 15.6. The number of hydrogen-bond acceptors (Lipinski definition) is 3. The van der Waals surface area contributed by atoms with Crippen molar-refractivity contribution in [3.63, 3.8) is 0 Å². The van der Waals surface area contributed by atoms with E-state index in [2.05, 4.69) is 4.98 Å². The summed E-state index contributed by atoms with van der Waals surface area (Å²) in [5.41, 5.74) is -3.25. The van der Waals surface area contributed by atoms with Gasteiger partial charge < -0.3 is 5.11 Å². The lowest BCUT2D eigenvalue weighted by atomic mass is 9.90. The average Bonchev–Trinajstić information content (AvgIpc) is 2.75. The SMILES string of the molecule is O=C(c1cnccc1C(F)(F)F)C1(O)CCCC1. The van der Waals surface area contributed by atoms with Crippen molar-refractivity contribution in [2.75, 3.05) is 0 Å². The Balaban J connectivity index is 2.42. The lowest BCUT2D eigenvalue weighted by Crippen LogP contribution is -2.36. The van der Waals surface area contributed by atoms with E-state index in [4.69, 9.17) is 0 Å². The normalized spacial score (nSPS) is 18.9. The summed E-state index contributed by atoms with van der Waals surface area (Å²) in [6.45, 7) is 0. The molecule has 0 unspecified atom stereocenters. The first-order chi connectivity index (χ1) is 8.34. The minimum absolute atomic E-state index is 0.206. The van der Waals surface area contributed by atoms with E-state index in [-0.39, 0.29) is 12.8 Å². The summed E-state index contributed by atoms with van der Waals surface area (Å²) in [5, 5.41) is 10.1. The maximum absolute atomic E-state index is 12.8. The molecule has 18 heavy (non-hydrogen) atoms. The number of aromatic nitrogens is 1. The maximum Gasteiger partial charge on any atom is 0.417 e. The fraction of sp³-hybridized carbons (Fsp3) is 0.500. The number of aliphatic hydroxyl groups is 1. The van der Waals surface area contributed by atoms with Crippen LogP contribution in [0.2, 0.25) is 0 Å². The number of carbonyl (C=O) groups is 1. The molecule has 3 nitrogen and oxygen atoms in total. The van der Waals surface area contributed by atoms with Crippen molar-refractivity contribution in [3.05, 3.63) is 29.6 Å². The van der Waals surface area contributed by atoms with E-state index in [1.54, 1.807) is 0 Å². The maximum atomic E-state index is 12.8. The molecule has 98 valence electrons. The zero-order chi connectivity index (χ0) is 13.4. The van der Waals surface area contributed by atoms with Crippen LogP contribution in [0.5, 0.6) is 0 Å². The number of halogens is 3. The smallest absolute Gasteiger partial charge is 0.382 e. The van der Waals surface area contributed by atoms with Crippen molar-refractivity contribution < 1.29 is 23.1 Å². The number of Topliss-reactive ketones (excluding diaryl/α,β-unsaturated/α-hetero) is 1. The van der Waals surface area contributed by atoms with E-state index >= 15 is 0 Å². The minimum Gasteiger partial charge on any atom is -0.382 e. The molecule has 0 bridgehead atoms. The van der Waals surface area contributed by atoms with Gasteiger partial charge in [0.15, 0.2) is 5.78 Å². The van der Waals surface area contributed by atoms with Crippen molar-refractivity contribution in [1.82, 2.24) is 4.98 Å². The zero-order valence-electron chi connectivity index (χ0n) is 9.50. The van der Waals surface area contributed by atoms with Crippen LogP contribution in [0.4, 0.5) is 13.2 Å². The third-order valence-electron chi connectivity index (χ3n) is 3.22. The van der Waals surface area contributed by atoms with Crippen LogP contribution in [0.15, 0.2) is 18.5 Å². The first-order valence-corrected chi connectivity index (χ1v) is 5.63. The van der Waals surface area contributed by atoms with Gasteiger partial charge in [0.25, 0.3) is 0 Å². The molecule has 0 radical (unpaired) electrons. The van der Waals surface area contributed by atoms with Crippen LogP contribution in [-0.2, 0) is 6.18 Å². The number of nitrogens with zero attached hydrogens (tertiary/aromatic N) is 1. The summed E-state index contributed by atoms with van der Waals surface area (Å²) in [6, 6.07) is 0.756. The van der Waals surface area contributed by atoms with Gasteiger partial charge in [-0.05, 0) is 31.7 Å². The quantitative estimate of drug-likeness (QED) is 0.830. The van der Waals surface area contributed by atoms with Gasteiger partial charge in [-0.25, -0.2) is 0 Å². The van der Waals surface area contributed by atoms with Gasteiger partial charge in [0, 0.05) is 12.4 Å². The molecule has 1 aliphatic rings. The van der Waals surface area contributed by atoms with E-state index < -0.39 is 28.7 Å². The fourth-order valence-corrected chi connectivity index (χ4v) is 2.26. The number of carbonyl (C=O) groups excluding carboxylic acids is 1. The Labute approximate surface area is 102 Å². The van der Waals surface area contributed by atoms with Gasteiger partial charge in [-0.15, -0.1) is 0 Å². The number of pyridine rings is 1. The second-order valence-corrected chi connectivity index (χ2v) is 4.49. The van der Waals surface area contributed by atoms with E-state index in [0.717, 1.165) is 18.5 Å². The molecule has 0 aliphatic heterocycles. The Morgan fingerprint density at radius 2 is 1.94 bits per heavy atom. The lowest BCUT2D eigenvalue weighted by Gasteiger charge is -2.22. The lowest BCUT2D eigenvalue weighted by molar-refractivity contribution is -0.138. The third kappa shape index (κ3) is 2.25. The number of rotatable bonds is 2. The van der Waals surface area contributed by atoms with Crippen LogP contribution in [0.25, 0.3) is 0 Å². The molecule has 0 saturated heterocycles. The van der Waals surface area contributed by atoms with Gasteiger partial charge in [-0.1, -0.05) is 0 Å². The Morgan fingerprint density at radius 1 is 1.33 bits per heavy atom. The van der Waals surface area contributed by atoms with E-state index in [1.807, 2.05) is 0 Å². The first kappa shape index (κ1) is 13.0. The van der Waals surface area contributed by atoms with E-state index in [1.165, 1.54) is 0 Å². The molecular weight excluding hydrogens is 247 g/mol. The van der Waals surface area contributed by atoms with Gasteiger partial charge in [-0.2, -0.15) is 13.2 Å². The molecule has 1 heterocycles. The molecule has 1 fully saturated rings. The molecule has 0 aromatic carbocycles. The van der Waals surface area contributed by atoms with Gasteiger partial charge in [0.1, 0.15) is 5.60 Å². The number of ketones is 1.